The van der Waals surface area contributed by atoms with Crippen LogP contribution in [0.5, 0.6) is 11.5 Å². The predicted molar refractivity (Wildman–Crippen MR) is 73.6 cm³/mol. The van der Waals surface area contributed by atoms with Gasteiger partial charge in [0.1, 0.15) is 18.1 Å². The predicted octanol–water partition coefficient (Wildman–Crippen LogP) is 4.08. The van der Waals surface area contributed by atoms with Crippen LogP contribution in [0, 0.1) is 0 Å². The Balaban J connectivity index is 1.74. The number of nitrogens with one attached hydrogen (secondary N) is 1. The van der Waals surface area contributed by atoms with Gasteiger partial charge in [-0.1, -0.05) is 18.2 Å². The number of halogens is 3. The molecule has 0 aliphatic heterocycles. The van der Waals surface area contributed by atoms with Crippen molar-refractivity contribution in [2.45, 2.75) is 6.36 Å². The SMILES string of the molecule is FC(F)(F)Oc1ccc(NCCOc2ccccc2)cc1. The summed E-state index contributed by atoms with van der Waals surface area (Å²) in [5.41, 5.74) is 0.696. The molecule has 0 aliphatic carbocycles. The van der Waals surface area contributed by atoms with Gasteiger partial charge in [0.2, 0.25) is 0 Å². The van der Waals surface area contributed by atoms with Crippen molar-refractivity contribution >= 4 is 5.69 Å². The van der Waals surface area contributed by atoms with Gasteiger partial charge in [0, 0.05) is 12.2 Å². The van der Waals surface area contributed by atoms with Crippen LogP contribution in [0.4, 0.5) is 18.9 Å². The van der Waals surface area contributed by atoms with Gasteiger partial charge in [-0.2, -0.15) is 0 Å². The van der Waals surface area contributed by atoms with Crippen LogP contribution in [0.15, 0.2) is 54.6 Å². The minimum absolute atomic E-state index is 0.242. The average Bonchev–Trinajstić information content (AvgIpc) is 2.45. The van der Waals surface area contributed by atoms with Gasteiger partial charge in [-0.3, -0.25) is 0 Å². The Bertz CT molecular complexity index is 541. The standard InChI is InChI=1S/C15H14F3NO2/c16-15(17,18)21-14-8-6-12(7-9-14)19-10-11-20-13-4-2-1-3-5-13/h1-9,19H,10-11H2. The van der Waals surface area contributed by atoms with Gasteiger partial charge in [0.25, 0.3) is 0 Å². The fraction of sp³-hybridized carbons (Fsp3) is 0.200. The van der Waals surface area contributed by atoms with Crippen LogP contribution in [0.25, 0.3) is 0 Å². The number of hydrogen-bond donors (Lipinski definition) is 1. The molecule has 0 saturated carbocycles. The molecule has 0 saturated heterocycles. The lowest BCUT2D eigenvalue weighted by atomic mass is 10.3. The van der Waals surface area contributed by atoms with Crippen molar-refractivity contribution in [3.05, 3.63) is 54.6 Å². The van der Waals surface area contributed by atoms with Crippen LogP contribution in [0.3, 0.4) is 0 Å². The van der Waals surface area contributed by atoms with Crippen LogP contribution in [0.2, 0.25) is 0 Å². The maximum absolute atomic E-state index is 12.0. The molecule has 0 amide bonds. The number of rotatable bonds is 6. The molecule has 0 unspecified atom stereocenters. The molecule has 2 aromatic carbocycles. The van der Waals surface area contributed by atoms with E-state index in [4.69, 9.17) is 4.74 Å². The normalized spacial score (nSPS) is 11.0. The molecule has 0 spiro atoms. The largest absolute Gasteiger partial charge is 0.573 e. The molecule has 0 atom stereocenters. The molecule has 2 rings (SSSR count). The van der Waals surface area contributed by atoms with E-state index in [9.17, 15) is 13.2 Å². The molecule has 0 heterocycles. The highest BCUT2D eigenvalue weighted by Gasteiger charge is 2.30. The highest BCUT2D eigenvalue weighted by molar-refractivity contribution is 5.46. The summed E-state index contributed by atoms with van der Waals surface area (Å²) in [6, 6.07) is 14.9. The van der Waals surface area contributed by atoms with Gasteiger partial charge in [0.05, 0.1) is 0 Å². The molecule has 1 N–H and O–H groups in total. The van der Waals surface area contributed by atoms with Crippen molar-refractivity contribution in [2.75, 3.05) is 18.5 Å². The van der Waals surface area contributed by atoms with Crippen molar-refractivity contribution in [2.24, 2.45) is 0 Å². The first-order valence-electron chi connectivity index (χ1n) is 6.30. The van der Waals surface area contributed by atoms with Gasteiger partial charge in [-0.05, 0) is 36.4 Å². The molecular weight excluding hydrogens is 283 g/mol. The minimum Gasteiger partial charge on any atom is -0.492 e. The van der Waals surface area contributed by atoms with Gasteiger partial charge in [-0.25, -0.2) is 0 Å². The molecule has 0 fully saturated rings. The summed E-state index contributed by atoms with van der Waals surface area (Å²) < 4.78 is 45.3. The Hall–Kier alpha value is -2.37. The number of para-hydroxylation sites is 1. The zero-order valence-electron chi connectivity index (χ0n) is 11.1. The Morgan fingerprint density at radius 3 is 2.14 bits per heavy atom. The Morgan fingerprint density at radius 1 is 0.857 bits per heavy atom. The zero-order valence-corrected chi connectivity index (χ0v) is 11.1. The van der Waals surface area contributed by atoms with E-state index in [1.165, 1.54) is 24.3 Å². The molecular formula is C15H14F3NO2. The fourth-order valence-corrected chi connectivity index (χ4v) is 1.66. The van der Waals surface area contributed by atoms with Crippen molar-refractivity contribution in [1.82, 2.24) is 0 Å². The maximum atomic E-state index is 12.0. The van der Waals surface area contributed by atoms with E-state index in [-0.39, 0.29) is 5.75 Å². The second-order valence-corrected chi connectivity index (χ2v) is 4.16. The van der Waals surface area contributed by atoms with Crippen molar-refractivity contribution < 1.29 is 22.6 Å². The summed E-state index contributed by atoms with van der Waals surface area (Å²) in [4.78, 5) is 0. The van der Waals surface area contributed by atoms with Crippen LogP contribution >= 0.6 is 0 Å². The van der Waals surface area contributed by atoms with Gasteiger partial charge < -0.3 is 14.8 Å². The quantitative estimate of drug-likeness (QED) is 0.815. The lowest BCUT2D eigenvalue weighted by Gasteiger charge is -2.11. The number of anilines is 1. The summed E-state index contributed by atoms with van der Waals surface area (Å²) in [6.07, 6.45) is -4.67. The molecule has 3 nitrogen and oxygen atoms in total. The molecule has 0 aliphatic rings. The first kappa shape index (κ1) is 15.0. The second-order valence-electron chi connectivity index (χ2n) is 4.16. The van der Waals surface area contributed by atoms with Crippen LogP contribution < -0.4 is 14.8 Å². The third-order valence-corrected chi connectivity index (χ3v) is 2.53. The van der Waals surface area contributed by atoms with E-state index >= 15 is 0 Å². The topological polar surface area (TPSA) is 30.5 Å². The molecule has 112 valence electrons. The van der Waals surface area contributed by atoms with Gasteiger partial charge >= 0.3 is 6.36 Å². The van der Waals surface area contributed by atoms with E-state index in [2.05, 4.69) is 10.1 Å². The van der Waals surface area contributed by atoms with Crippen molar-refractivity contribution in [1.29, 1.82) is 0 Å². The average molecular weight is 297 g/mol. The summed E-state index contributed by atoms with van der Waals surface area (Å²) >= 11 is 0. The van der Waals surface area contributed by atoms with E-state index in [0.29, 0.717) is 18.8 Å². The highest BCUT2D eigenvalue weighted by atomic mass is 19.4. The molecule has 21 heavy (non-hydrogen) atoms. The van der Waals surface area contributed by atoms with Crippen molar-refractivity contribution in [3.63, 3.8) is 0 Å². The molecule has 0 bridgehead atoms. The summed E-state index contributed by atoms with van der Waals surface area (Å²) in [6.45, 7) is 0.985. The summed E-state index contributed by atoms with van der Waals surface area (Å²) in [5, 5.41) is 3.04. The minimum atomic E-state index is -4.67. The molecule has 0 aromatic heterocycles. The van der Waals surface area contributed by atoms with E-state index in [1.807, 2.05) is 30.3 Å². The summed E-state index contributed by atoms with van der Waals surface area (Å²) in [7, 11) is 0. The fourth-order valence-electron chi connectivity index (χ4n) is 1.66. The van der Waals surface area contributed by atoms with Crippen LogP contribution in [0.1, 0.15) is 0 Å². The molecule has 2 aromatic rings. The van der Waals surface area contributed by atoms with Crippen LogP contribution in [-0.4, -0.2) is 19.5 Å². The summed E-state index contributed by atoms with van der Waals surface area (Å²) in [5.74, 6) is 0.529. The third-order valence-electron chi connectivity index (χ3n) is 2.53. The maximum Gasteiger partial charge on any atom is 0.573 e. The lowest BCUT2D eigenvalue weighted by Crippen LogP contribution is -2.17. The number of ether oxygens (including phenoxy) is 2. The Kier molecular flexibility index (Phi) is 4.92. The number of hydrogen-bond acceptors (Lipinski definition) is 3. The third kappa shape index (κ3) is 5.64. The molecule has 6 heteroatoms. The number of alkyl halides is 3. The van der Waals surface area contributed by atoms with Crippen molar-refractivity contribution in [3.8, 4) is 11.5 Å². The van der Waals surface area contributed by atoms with E-state index < -0.39 is 6.36 Å². The monoisotopic (exact) mass is 297 g/mol. The Morgan fingerprint density at radius 2 is 1.52 bits per heavy atom. The number of benzene rings is 2. The smallest absolute Gasteiger partial charge is 0.492 e. The zero-order chi connectivity index (χ0) is 15.1. The van der Waals surface area contributed by atoms with Gasteiger partial charge in [-0.15, -0.1) is 13.2 Å². The highest BCUT2D eigenvalue weighted by Crippen LogP contribution is 2.23. The first-order valence-corrected chi connectivity index (χ1v) is 6.30. The Labute approximate surface area is 120 Å². The van der Waals surface area contributed by atoms with E-state index in [1.54, 1.807) is 0 Å². The van der Waals surface area contributed by atoms with E-state index in [0.717, 1.165) is 5.75 Å². The van der Waals surface area contributed by atoms with Crippen LogP contribution in [-0.2, 0) is 0 Å². The molecule has 0 radical (unpaired) electrons. The van der Waals surface area contributed by atoms with Gasteiger partial charge in [0.15, 0.2) is 0 Å². The lowest BCUT2D eigenvalue weighted by molar-refractivity contribution is -0.274. The first-order chi connectivity index (χ1) is 10.0. The second kappa shape index (κ2) is 6.88.